The number of carbonyl (C=O) groups excluding carboxylic acids is 1. The van der Waals surface area contributed by atoms with Gasteiger partial charge in [-0.25, -0.2) is 0 Å². The van der Waals surface area contributed by atoms with Crippen molar-refractivity contribution in [1.29, 1.82) is 0 Å². The molecule has 1 amide bonds. The van der Waals surface area contributed by atoms with Crippen molar-refractivity contribution in [3.05, 3.63) is 32.9 Å². The summed E-state index contributed by atoms with van der Waals surface area (Å²) in [5.41, 5.74) is 3.50. The van der Waals surface area contributed by atoms with Crippen LogP contribution in [0.1, 0.15) is 79.4 Å². The predicted molar refractivity (Wildman–Crippen MR) is 99.6 cm³/mol. The summed E-state index contributed by atoms with van der Waals surface area (Å²) in [4.78, 5) is 25.4. The Morgan fingerprint density at radius 2 is 1.73 bits per heavy atom. The zero-order valence-corrected chi connectivity index (χ0v) is 15.8. The number of hydrogen-bond donors (Lipinski definition) is 2. The number of H-pyrrole nitrogens is 1. The molecule has 1 aliphatic heterocycles. The molecular weight excluding hydrogens is 330 g/mol. The molecule has 0 bridgehead atoms. The van der Waals surface area contributed by atoms with Crippen LogP contribution in [0, 0.1) is 13.8 Å². The second-order valence-corrected chi connectivity index (χ2v) is 7.73. The fourth-order valence-electron chi connectivity index (χ4n) is 4.71. The van der Waals surface area contributed by atoms with E-state index >= 15 is 0 Å². The highest BCUT2D eigenvalue weighted by Gasteiger charge is 2.36. The monoisotopic (exact) mass is 357 g/mol. The van der Waals surface area contributed by atoms with E-state index in [0.717, 1.165) is 42.6 Å². The van der Waals surface area contributed by atoms with Gasteiger partial charge in [-0.15, -0.1) is 0 Å². The largest absolute Gasteiger partial charge is 0.311 e. The van der Waals surface area contributed by atoms with Gasteiger partial charge < -0.3 is 5.32 Å². The number of nitrogens with zero attached hydrogens (tertiary/aromatic N) is 3. The average molecular weight is 357 g/mol. The van der Waals surface area contributed by atoms with Crippen LogP contribution in [0.15, 0.2) is 4.79 Å². The van der Waals surface area contributed by atoms with Gasteiger partial charge in [0.25, 0.3) is 5.56 Å². The van der Waals surface area contributed by atoms with Gasteiger partial charge in [0.05, 0.1) is 17.3 Å². The van der Waals surface area contributed by atoms with Crippen LogP contribution in [-0.2, 0) is 11.8 Å². The molecule has 1 atom stereocenters. The number of amides is 1. The van der Waals surface area contributed by atoms with E-state index in [4.69, 9.17) is 0 Å². The van der Waals surface area contributed by atoms with Crippen molar-refractivity contribution in [2.24, 2.45) is 7.05 Å². The van der Waals surface area contributed by atoms with Crippen molar-refractivity contribution in [2.75, 3.05) is 5.32 Å². The number of anilines is 1. The third-order valence-electron chi connectivity index (χ3n) is 6.06. The second-order valence-electron chi connectivity index (χ2n) is 7.73. The maximum Gasteiger partial charge on any atom is 0.270 e. The molecule has 1 aliphatic carbocycles. The second kappa shape index (κ2) is 6.45. The van der Waals surface area contributed by atoms with Crippen LogP contribution in [0.5, 0.6) is 0 Å². The van der Waals surface area contributed by atoms with Crippen LogP contribution in [0.3, 0.4) is 0 Å². The smallest absolute Gasteiger partial charge is 0.270 e. The van der Waals surface area contributed by atoms with Gasteiger partial charge in [0.1, 0.15) is 5.82 Å². The summed E-state index contributed by atoms with van der Waals surface area (Å²) in [6, 6.07) is 0.254. The van der Waals surface area contributed by atoms with Crippen molar-refractivity contribution in [1.82, 2.24) is 19.6 Å². The normalized spacial score (nSPS) is 21.3. The van der Waals surface area contributed by atoms with Crippen molar-refractivity contribution >= 4 is 11.7 Å². The van der Waals surface area contributed by atoms with Crippen LogP contribution in [0.25, 0.3) is 0 Å². The summed E-state index contributed by atoms with van der Waals surface area (Å²) in [6.07, 6.45) is 7.19. The zero-order chi connectivity index (χ0) is 18.4. The van der Waals surface area contributed by atoms with Gasteiger partial charge in [-0.1, -0.05) is 25.7 Å². The fourth-order valence-corrected chi connectivity index (χ4v) is 4.71. The summed E-state index contributed by atoms with van der Waals surface area (Å²) in [5, 5.41) is 10.5. The quantitative estimate of drug-likeness (QED) is 0.811. The summed E-state index contributed by atoms with van der Waals surface area (Å²) in [5.74, 6) is 0.403. The molecule has 0 radical (unpaired) electrons. The highest BCUT2D eigenvalue weighted by Crippen LogP contribution is 2.40. The van der Waals surface area contributed by atoms with E-state index in [0.29, 0.717) is 11.4 Å². The minimum absolute atomic E-state index is 0.0356. The SMILES string of the molecule is Cc1nn(C)c(C)c1C1CC(=O)Nc2c1c(=O)[nH]n2C1CCCCCC1. The third kappa shape index (κ3) is 2.70. The molecule has 7 nitrogen and oxygen atoms in total. The Balaban J connectivity index is 1.83. The van der Waals surface area contributed by atoms with E-state index in [1.54, 1.807) is 0 Å². The molecule has 0 saturated heterocycles. The molecule has 0 spiro atoms. The lowest BCUT2D eigenvalue weighted by atomic mass is 9.86. The first kappa shape index (κ1) is 17.1. The number of aromatic amines is 1. The minimum Gasteiger partial charge on any atom is -0.311 e. The lowest BCUT2D eigenvalue weighted by molar-refractivity contribution is -0.116. The standard InChI is InChI=1S/C19H27N5O2/c1-11-16(12(2)23(3)21-11)14-10-15(25)20-18-17(14)19(26)22-24(18)13-8-6-4-5-7-9-13/h13-14H,4-10H2,1-3H3,(H,20,25)(H,22,26). The Hall–Kier alpha value is -2.31. The van der Waals surface area contributed by atoms with Gasteiger partial charge in [-0.3, -0.25) is 24.1 Å². The summed E-state index contributed by atoms with van der Waals surface area (Å²) < 4.78 is 3.77. The molecule has 1 saturated carbocycles. The van der Waals surface area contributed by atoms with E-state index in [1.807, 2.05) is 30.3 Å². The zero-order valence-electron chi connectivity index (χ0n) is 15.8. The summed E-state index contributed by atoms with van der Waals surface area (Å²) >= 11 is 0. The number of hydrogen-bond acceptors (Lipinski definition) is 3. The van der Waals surface area contributed by atoms with Crippen LogP contribution < -0.4 is 10.9 Å². The van der Waals surface area contributed by atoms with Crippen LogP contribution in [-0.4, -0.2) is 25.5 Å². The molecular formula is C19H27N5O2. The van der Waals surface area contributed by atoms with Crippen LogP contribution in [0.2, 0.25) is 0 Å². The van der Waals surface area contributed by atoms with Crippen molar-refractivity contribution < 1.29 is 4.79 Å². The first-order valence-corrected chi connectivity index (χ1v) is 9.61. The number of aryl methyl sites for hydroxylation is 2. The van der Waals surface area contributed by atoms with Crippen molar-refractivity contribution in [3.63, 3.8) is 0 Å². The van der Waals surface area contributed by atoms with Crippen LogP contribution >= 0.6 is 0 Å². The molecule has 2 N–H and O–H groups in total. The Bertz CT molecular complexity index is 896. The maximum absolute atomic E-state index is 12.9. The number of fused-ring (bicyclic) bond motifs is 1. The summed E-state index contributed by atoms with van der Waals surface area (Å²) in [7, 11) is 1.90. The number of rotatable bonds is 2. The number of aromatic nitrogens is 4. The topological polar surface area (TPSA) is 84.7 Å². The molecule has 7 heteroatoms. The molecule has 2 aromatic rings. The van der Waals surface area contributed by atoms with E-state index < -0.39 is 0 Å². The Labute approximate surface area is 152 Å². The molecule has 1 fully saturated rings. The maximum atomic E-state index is 12.9. The van der Waals surface area contributed by atoms with E-state index in [1.165, 1.54) is 12.8 Å². The molecule has 1 unspecified atom stereocenters. The Morgan fingerprint density at radius 1 is 1.04 bits per heavy atom. The molecule has 3 heterocycles. The predicted octanol–water partition coefficient (Wildman–Crippen LogP) is 2.90. The van der Waals surface area contributed by atoms with E-state index in [-0.39, 0.29) is 29.8 Å². The van der Waals surface area contributed by atoms with Crippen molar-refractivity contribution in [3.8, 4) is 0 Å². The first-order valence-electron chi connectivity index (χ1n) is 9.61. The number of nitrogens with one attached hydrogen (secondary N) is 2. The van der Waals surface area contributed by atoms with Crippen LogP contribution in [0.4, 0.5) is 5.82 Å². The molecule has 2 aliphatic rings. The Kier molecular flexibility index (Phi) is 4.25. The van der Waals surface area contributed by atoms with Crippen molar-refractivity contribution in [2.45, 2.75) is 70.8 Å². The highest BCUT2D eigenvalue weighted by atomic mass is 16.2. The Morgan fingerprint density at radius 3 is 2.35 bits per heavy atom. The molecule has 0 aromatic carbocycles. The highest BCUT2D eigenvalue weighted by molar-refractivity contribution is 5.94. The lowest BCUT2D eigenvalue weighted by Crippen LogP contribution is -2.28. The van der Waals surface area contributed by atoms with Gasteiger partial charge in [-0.2, -0.15) is 5.10 Å². The third-order valence-corrected chi connectivity index (χ3v) is 6.06. The van der Waals surface area contributed by atoms with E-state index in [9.17, 15) is 9.59 Å². The van der Waals surface area contributed by atoms with Gasteiger partial charge >= 0.3 is 0 Å². The first-order chi connectivity index (χ1) is 12.5. The fraction of sp³-hybridized carbons (Fsp3) is 0.632. The molecule has 26 heavy (non-hydrogen) atoms. The number of carbonyl (C=O) groups is 1. The van der Waals surface area contributed by atoms with Gasteiger partial charge in [0.2, 0.25) is 5.91 Å². The molecule has 140 valence electrons. The minimum atomic E-state index is -0.233. The molecule has 2 aromatic heterocycles. The molecule has 4 rings (SSSR count). The average Bonchev–Trinajstić information content (AvgIpc) is 2.91. The van der Waals surface area contributed by atoms with Gasteiger partial charge in [0.15, 0.2) is 0 Å². The summed E-state index contributed by atoms with van der Waals surface area (Å²) in [6.45, 7) is 3.95. The van der Waals surface area contributed by atoms with E-state index in [2.05, 4.69) is 15.5 Å². The van der Waals surface area contributed by atoms with Gasteiger partial charge in [-0.05, 0) is 26.7 Å². The lowest BCUT2D eigenvalue weighted by Gasteiger charge is -2.26. The van der Waals surface area contributed by atoms with Gasteiger partial charge in [0, 0.05) is 30.6 Å².